The fraction of sp³-hybridized carbons (Fsp3) is 0.179. The average Bonchev–Trinajstić information content (AvgIpc) is 3.36. The quantitative estimate of drug-likeness (QED) is 0.365. The van der Waals surface area contributed by atoms with Gasteiger partial charge in [0.05, 0.1) is 24.4 Å². The van der Waals surface area contributed by atoms with Crippen LogP contribution in [0.4, 0.5) is 14.9 Å². The van der Waals surface area contributed by atoms with Gasteiger partial charge in [0.2, 0.25) is 5.82 Å². The third-order valence-electron chi connectivity index (χ3n) is 6.43. The number of nitrogens with one attached hydrogen (secondary N) is 1. The normalized spacial score (nSPS) is 15.8. The lowest BCUT2D eigenvalue weighted by molar-refractivity contribution is 0.244. The van der Waals surface area contributed by atoms with Gasteiger partial charge < -0.3 is 14.6 Å². The van der Waals surface area contributed by atoms with Crippen LogP contribution in [0.1, 0.15) is 35.5 Å². The maximum atomic E-state index is 14.3. The number of rotatable bonds is 5. The minimum Gasteiger partial charge on any atom is -0.494 e. The molecular weight excluding hydrogens is 459 g/mol. The first-order valence-electron chi connectivity index (χ1n) is 11.5. The zero-order chi connectivity index (χ0) is 25.4. The first kappa shape index (κ1) is 23.3. The Labute approximate surface area is 208 Å². The molecule has 0 fully saturated rings. The SMILES string of the molecule is COc1ccc(-c2noc(C3=C(C)N(c4ccccc4)C(=O)NC3c3ccc(C)c(C)c3)n2)cc1F. The summed E-state index contributed by atoms with van der Waals surface area (Å²) >= 11 is 0. The van der Waals surface area contributed by atoms with Crippen LogP contribution < -0.4 is 15.0 Å². The lowest BCUT2D eigenvalue weighted by atomic mass is 9.92. The van der Waals surface area contributed by atoms with Gasteiger partial charge in [-0.2, -0.15) is 4.98 Å². The van der Waals surface area contributed by atoms with Crippen LogP contribution in [0.25, 0.3) is 17.0 Å². The van der Waals surface area contributed by atoms with Crippen molar-refractivity contribution >= 4 is 17.3 Å². The van der Waals surface area contributed by atoms with Crippen molar-refractivity contribution in [3.05, 3.63) is 101 Å². The number of urea groups is 1. The Bertz CT molecular complexity index is 1480. The summed E-state index contributed by atoms with van der Waals surface area (Å²) in [6.07, 6.45) is 0. The van der Waals surface area contributed by atoms with Crippen molar-refractivity contribution in [2.24, 2.45) is 0 Å². The number of aromatic nitrogens is 2. The number of aryl methyl sites for hydroxylation is 2. The summed E-state index contributed by atoms with van der Waals surface area (Å²) < 4.78 is 25.0. The number of anilines is 1. The second kappa shape index (κ2) is 9.30. The number of nitrogens with zero attached hydrogens (tertiary/aromatic N) is 3. The Morgan fingerprint density at radius 3 is 2.47 bits per heavy atom. The molecular formula is C28H25FN4O3. The molecule has 0 saturated heterocycles. The molecule has 2 heterocycles. The summed E-state index contributed by atoms with van der Waals surface area (Å²) in [6, 6.07) is 19.1. The highest BCUT2D eigenvalue weighted by molar-refractivity contribution is 6.01. The number of allylic oxidation sites excluding steroid dienone is 1. The number of carbonyl (C=O) groups is 1. The summed E-state index contributed by atoms with van der Waals surface area (Å²) in [5.41, 5.74) is 5.62. The van der Waals surface area contributed by atoms with E-state index in [1.54, 1.807) is 11.0 Å². The molecule has 8 heteroatoms. The second-order valence-electron chi connectivity index (χ2n) is 8.67. The molecule has 2 amide bonds. The lowest BCUT2D eigenvalue weighted by Crippen LogP contribution is -2.46. The highest BCUT2D eigenvalue weighted by atomic mass is 19.1. The Morgan fingerprint density at radius 1 is 1.00 bits per heavy atom. The van der Waals surface area contributed by atoms with Gasteiger partial charge in [-0.25, -0.2) is 9.18 Å². The van der Waals surface area contributed by atoms with Crippen molar-refractivity contribution in [1.82, 2.24) is 15.5 Å². The number of halogens is 1. The third kappa shape index (κ3) is 4.11. The molecule has 0 spiro atoms. The summed E-state index contributed by atoms with van der Waals surface area (Å²) in [5, 5.41) is 7.22. The maximum absolute atomic E-state index is 14.3. The molecule has 0 radical (unpaired) electrons. The molecule has 4 aromatic rings. The van der Waals surface area contributed by atoms with Gasteiger partial charge in [-0.05, 0) is 67.8 Å². The summed E-state index contributed by atoms with van der Waals surface area (Å²) in [7, 11) is 1.41. The monoisotopic (exact) mass is 484 g/mol. The molecule has 0 aliphatic carbocycles. The topological polar surface area (TPSA) is 80.5 Å². The van der Waals surface area contributed by atoms with E-state index in [1.165, 1.54) is 19.2 Å². The second-order valence-corrected chi connectivity index (χ2v) is 8.67. The lowest BCUT2D eigenvalue weighted by Gasteiger charge is -2.35. The van der Waals surface area contributed by atoms with Crippen molar-refractivity contribution in [3.63, 3.8) is 0 Å². The molecule has 7 nitrogen and oxygen atoms in total. The predicted octanol–water partition coefficient (Wildman–Crippen LogP) is 6.20. The van der Waals surface area contributed by atoms with E-state index in [2.05, 4.69) is 15.5 Å². The Kier molecular flexibility index (Phi) is 6.01. The van der Waals surface area contributed by atoms with Gasteiger partial charge in [-0.1, -0.05) is 41.6 Å². The summed E-state index contributed by atoms with van der Waals surface area (Å²) in [4.78, 5) is 19.5. The number of benzene rings is 3. The van der Waals surface area contributed by atoms with E-state index < -0.39 is 11.9 Å². The van der Waals surface area contributed by atoms with Gasteiger partial charge >= 0.3 is 6.03 Å². The molecule has 1 aliphatic rings. The van der Waals surface area contributed by atoms with Gasteiger partial charge in [-0.3, -0.25) is 4.90 Å². The molecule has 3 aromatic carbocycles. The number of para-hydroxylation sites is 1. The van der Waals surface area contributed by atoms with Gasteiger partial charge in [0, 0.05) is 11.3 Å². The van der Waals surface area contributed by atoms with E-state index >= 15 is 0 Å². The minimum atomic E-state index is -0.523. The molecule has 5 rings (SSSR count). The van der Waals surface area contributed by atoms with Crippen LogP contribution in [0.5, 0.6) is 5.75 Å². The van der Waals surface area contributed by atoms with E-state index in [-0.39, 0.29) is 23.5 Å². The highest BCUT2D eigenvalue weighted by Crippen LogP contribution is 2.39. The van der Waals surface area contributed by atoms with Crippen molar-refractivity contribution in [2.75, 3.05) is 12.0 Å². The molecule has 0 bridgehead atoms. The summed E-state index contributed by atoms with van der Waals surface area (Å²) in [5.74, 6) is 0.0750. The van der Waals surface area contributed by atoms with Gasteiger partial charge in [0.1, 0.15) is 0 Å². The fourth-order valence-electron chi connectivity index (χ4n) is 4.36. The number of methoxy groups -OCH3 is 1. The molecule has 182 valence electrons. The molecule has 0 saturated carbocycles. The number of hydrogen-bond donors (Lipinski definition) is 1. The number of amides is 2. The largest absolute Gasteiger partial charge is 0.494 e. The zero-order valence-corrected chi connectivity index (χ0v) is 20.4. The van der Waals surface area contributed by atoms with Crippen LogP contribution in [0.3, 0.4) is 0 Å². The van der Waals surface area contributed by atoms with E-state index in [0.29, 0.717) is 22.5 Å². The zero-order valence-electron chi connectivity index (χ0n) is 20.4. The third-order valence-corrected chi connectivity index (χ3v) is 6.43. The van der Waals surface area contributed by atoms with E-state index in [0.717, 1.165) is 16.7 Å². The Morgan fingerprint density at radius 2 is 1.78 bits per heavy atom. The first-order chi connectivity index (χ1) is 17.4. The van der Waals surface area contributed by atoms with Crippen molar-refractivity contribution < 1.29 is 18.4 Å². The fourth-order valence-corrected chi connectivity index (χ4v) is 4.36. The van der Waals surface area contributed by atoms with Crippen LogP contribution in [-0.4, -0.2) is 23.3 Å². The van der Waals surface area contributed by atoms with Crippen LogP contribution in [0, 0.1) is 19.7 Å². The van der Waals surface area contributed by atoms with Crippen molar-refractivity contribution in [1.29, 1.82) is 0 Å². The van der Waals surface area contributed by atoms with Gasteiger partial charge in [0.15, 0.2) is 11.6 Å². The average molecular weight is 485 g/mol. The van der Waals surface area contributed by atoms with Crippen LogP contribution >= 0.6 is 0 Å². The minimum absolute atomic E-state index is 0.129. The van der Waals surface area contributed by atoms with Crippen LogP contribution in [0.2, 0.25) is 0 Å². The first-order valence-corrected chi connectivity index (χ1v) is 11.5. The molecule has 1 atom stereocenters. The van der Waals surface area contributed by atoms with Gasteiger partial charge in [0.25, 0.3) is 5.89 Å². The maximum Gasteiger partial charge on any atom is 0.326 e. The van der Waals surface area contributed by atoms with Crippen molar-refractivity contribution in [2.45, 2.75) is 26.8 Å². The Hall–Kier alpha value is -4.46. The molecule has 1 N–H and O–H groups in total. The van der Waals surface area contributed by atoms with E-state index in [4.69, 9.17) is 9.26 Å². The Balaban J connectivity index is 1.65. The van der Waals surface area contributed by atoms with Gasteiger partial charge in [-0.15, -0.1) is 0 Å². The van der Waals surface area contributed by atoms with E-state index in [9.17, 15) is 9.18 Å². The number of carbonyl (C=O) groups excluding carboxylic acids is 1. The predicted molar refractivity (Wildman–Crippen MR) is 135 cm³/mol. The molecule has 1 aromatic heterocycles. The van der Waals surface area contributed by atoms with Crippen molar-refractivity contribution in [3.8, 4) is 17.1 Å². The standard InChI is InChI=1S/C28H25FN4O3/c1-16-10-11-19(14-17(16)2)25-24(18(3)33(28(34)30-25)21-8-6-5-7-9-21)27-31-26(32-36-27)20-12-13-23(35-4)22(29)15-20/h5-15,25H,1-4H3,(H,30,34). The van der Waals surface area contributed by atoms with E-state index in [1.807, 2.05) is 69.3 Å². The van der Waals surface area contributed by atoms with Crippen LogP contribution in [0.15, 0.2) is 77.0 Å². The smallest absolute Gasteiger partial charge is 0.326 e. The number of ether oxygens (including phenoxy) is 1. The molecule has 36 heavy (non-hydrogen) atoms. The molecule has 1 aliphatic heterocycles. The summed E-state index contributed by atoms with van der Waals surface area (Å²) in [6.45, 7) is 5.92. The number of hydrogen-bond acceptors (Lipinski definition) is 5. The highest BCUT2D eigenvalue weighted by Gasteiger charge is 2.36. The molecule has 1 unspecified atom stereocenters. The van der Waals surface area contributed by atoms with Crippen LogP contribution in [-0.2, 0) is 0 Å².